The van der Waals surface area contributed by atoms with Gasteiger partial charge in [0.25, 0.3) is 0 Å². The van der Waals surface area contributed by atoms with Crippen LogP contribution in [0.3, 0.4) is 0 Å². The molecule has 2 spiro atoms. The van der Waals surface area contributed by atoms with Gasteiger partial charge in [-0.05, 0) is 129 Å². The van der Waals surface area contributed by atoms with E-state index in [0.717, 1.165) is 12.8 Å². The standard InChI is InChI=1S/C52H32O2/c1-54-31(53)8-5-19-50(20-6-3-2-4-7-20)51-46-29-17-15-27-25-13-11-23-21-9-10-22-24-12-14-26-28-16-18-30(29)47(51)39(28)43-37(26)35(24)41-33(22)32(21)40-34(23)36(25)42(38(27)46)48-44(40)45(41)49(43)52(48,50)51/h2-4,6-7,9-18,21-22,32-33,36,38,46-47H,5,8,19H2,1H3. The fourth-order valence-corrected chi connectivity index (χ4v) is 18.6. The van der Waals surface area contributed by atoms with E-state index in [9.17, 15) is 4.79 Å². The Morgan fingerprint density at radius 2 is 1.61 bits per heavy atom. The summed E-state index contributed by atoms with van der Waals surface area (Å²) in [6, 6.07) is 17.0. The molecule has 0 saturated heterocycles. The van der Waals surface area contributed by atoms with E-state index in [0.29, 0.717) is 53.8 Å². The van der Waals surface area contributed by atoms with Crippen molar-refractivity contribution in [3.8, 4) is 0 Å². The molecule has 0 bridgehead atoms. The maximum Gasteiger partial charge on any atom is 0.305 e. The molecular weight excluding hydrogens is 657 g/mol. The maximum absolute atomic E-state index is 13.0. The number of carbonyl (C=O) groups excluding carboxylic acids is 1. The minimum atomic E-state index is -0.140. The average Bonchev–Trinajstić information content (AvgIpc) is 3.86. The molecule has 2 nitrogen and oxygen atoms in total. The Bertz CT molecular complexity index is 3120. The molecule has 0 amide bonds. The molecule has 0 heterocycles. The van der Waals surface area contributed by atoms with Crippen molar-refractivity contribution in [1.29, 1.82) is 0 Å². The molecule has 18 rings (SSSR count). The highest BCUT2D eigenvalue weighted by Gasteiger charge is 2.99. The fraction of sp³-hybridized carbons (Fsp3) is 0.288. The van der Waals surface area contributed by atoms with Crippen molar-refractivity contribution in [3.05, 3.63) is 180 Å². The number of hydrogen-bond donors (Lipinski definition) is 0. The molecule has 3 aromatic rings. The third kappa shape index (κ3) is 1.83. The van der Waals surface area contributed by atoms with Crippen LogP contribution >= 0.6 is 0 Å². The predicted octanol–water partition coefficient (Wildman–Crippen LogP) is 9.79. The second-order valence-corrected chi connectivity index (χ2v) is 19.3. The first-order chi connectivity index (χ1) is 26.7. The van der Waals surface area contributed by atoms with Gasteiger partial charge in [-0.25, -0.2) is 0 Å². The number of esters is 1. The van der Waals surface area contributed by atoms with Crippen molar-refractivity contribution in [3.63, 3.8) is 0 Å². The van der Waals surface area contributed by atoms with Crippen LogP contribution in [0.4, 0.5) is 0 Å². The van der Waals surface area contributed by atoms with E-state index in [1.165, 1.54) is 16.7 Å². The van der Waals surface area contributed by atoms with Crippen molar-refractivity contribution in [1.82, 2.24) is 0 Å². The van der Waals surface area contributed by atoms with Crippen LogP contribution in [0.25, 0.3) is 27.5 Å². The van der Waals surface area contributed by atoms with E-state index in [-0.39, 0.29) is 22.2 Å². The first-order valence-corrected chi connectivity index (χ1v) is 20.7. The Labute approximate surface area is 312 Å². The normalized spacial score (nSPS) is 42.3. The van der Waals surface area contributed by atoms with Gasteiger partial charge in [0.05, 0.1) is 7.11 Å². The number of fused-ring (bicyclic) bond motifs is 3. The molecule has 3 aromatic carbocycles. The summed E-state index contributed by atoms with van der Waals surface area (Å²) in [4.78, 5) is 13.0. The summed E-state index contributed by atoms with van der Waals surface area (Å²) >= 11 is 0. The van der Waals surface area contributed by atoms with Crippen LogP contribution in [0.15, 0.2) is 141 Å². The summed E-state index contributed by atoms with van der Waals surface area (Å²) in [5.41, 5.74) is 31.3. The smallest absolute Gasteiger partial charge is 0.305 e. The highest BCUT2D eigenvalue weighted by molar-refractivity contribution is 6.26. The SMILES string of the molecule is COC(=O)CCCC1(c2ccccc2)C23C4=C5C6C7=C8C=CC9=C%10C=CC%11=C(c%12c2c2c%13c%14c(ccc%11c%12%14)C%11C=CC%12C(=C6C(=C42)C%12C%13%11)C=C7)C%10C13C9C85. The summed E-state index contributed by atoms with van der Waals surface area (Å²) in [5.74, 6) is 3.41. The highest BCUT2D eigenvalue weighted by atomic mass is 16.5. The number of methoxy groups -OCH3 is 1. The Balaban J connectivity index is 1.14. The molecule has 0 radical (unpaired) electrons. The molecule has 54 heavy (non-hydrogen) atoms. The fourth-order valence-electron chi connectivity index (χ4n) is 18.6. The van der Waals surface area contributed by atoms with Gasteiger partial charge in [-0.1, -0.05) is 91.1 Å². The zero-order chi connectivity index (χ0) is 34.3. The maximum atomic E-state index is 13.0. The van der Waals surface area contributed by atoms with Crippen molar-refractivity contribution >= 4 is 33.5 Å². The van der Waals surface area contributed by atoms with E-state index in [1.807, 2.05) is 0 Å². The number of carbonyl (C=O) groups is 1. The van der Waals surface area contributed by atoms with E-state index < -0.39 is 0 Å². The van der Waals surface area contributed by atoms with E-state index in [1.54, 1.807) is 107 Å². The summed E-state index contributed by atoms with van der Waals surface area (Å²) in [6.45, 7) is 0. The lowest BCUT2D eigenvalue weighted by Crippen LogP contribution is -2.43. The summed E-state index contributed by atoms with van der Waals surface area (Å²) in [6.07, 6.45) is 23.2. The average molecular weight is 689 g/mol. The summed E-state index contributed by atoms with van der Waals surface area (Å²) < 4.78 is 5.35. The van der Waals surface area contributed by atoms with Crippen LogP contribution in [0.1, 0.15) is 70.0 Å². The first-order valence-electron chi connectivity index (χ1n) is 20.7. The van der Waals surface area contributed by atoms with Crippen LogP contribution in [0, 0.1) is 40.9 Å². The molecule has 11 unspecified atom stereocenters. The second kappa shape index (κ2) is 7.05. The summed E-state index contributed by atoms with van der Waals surface area (Å²) in [5, 5.41) is 3.24. The number of benzene rings is 3. The van der Waals surface area contributed by atoms with Crippen molar-refractivity contribution in [2.24, 2.45) is 40.9 Å². The van der Waals surface area contributed by atoms with Crippen molar-refractivity contribution in [2.75, 3.05) is 7.11 Å². The van der Waals surface area contributed by atoms with Gasteiger partial charge in [-0.15, -0.1) is 0 Å². The lowest BCUT2D eigenvalue weighted by molar-refractivity contribution is -0.140. The van der Waals surface area contributed by atoms with Gasteiger partial charge in [0.1, 0.15) is 0 Å². The zero-order valence-corrected chi connectivity index (χ0v) is 29.7. The van der Waals surface area contributed by atoms with Crippen LogP contribution in [0.2, 0.25) is 0 Å². The first kappa shape index (κ1) is 25.7. The van der Waals surface area contributed by atoms with E-state index in [2.05, 4.69) is 91.1 Å². The molecular formula is C52H32O2. The van der Waals surface area contributed by atoms with Crippen LogP contribution < -0.4 is 0 Å². The van der Waals surface area contributed by atoms with Gasteiger partial charge >= 0.3 is 5.97 Å². The highest BCUT2D eigenvalue weighted by Crippen LogP contribution is 3.02. The Morgan fingerprint density at radius 3 is 2.52 bits per heavy atom. The van der Waals surface area contributed by atoms with Gasteiger partial charge in [-0.2, -0.15) is 0 Å². The largest absolute Gasteiger partial charge is 0.469 e. The van der Waals surface area contributed by atoms with Gasteiger partial charge in [0.15, 0.2) is 0 Å². The van der Waals surface area contributed by atoms with Gasteiger partial charge in [0.2, 0.25) is 0 Å². The Morgan fingerprint density at radius 1 is 0.778 bits per heavy atom. The Kier molecular flexibility index (Phi) is 3.36. The predicted molar refractivity (Wildman–Crippen MR) is 207 cm³/mol. The topological polar surface area (TPSA) is 26.3 Å². The molecule has 0 aliphatic heterocycles. The van der Waals surface area contributed by atoms with Gasteiger partial charge < -0.3 is 4.74 Å². The molecule has 0 aromatic heterocycles. The number of hydrogen-bond acceptors (Lipinski definition) is 2. The number of allylic oxidation sites excluding steroid dienone is 20. The third-order valence-corrected chi connectivity index (χ3v) is 19.0. The molecule has 2 heteroatoms. The number of rotatable bonds is 5. The monoisotopic (exact) mass is 688 g/mol. The quantitative estimate of drug-likeness (QED) is 0.197. The molecule has 252 valence electrons. The van der Waals surface area contributed by atoms with Gasteiger partial charge in [-0.3, -0.25) is 4.79 Å². The molecule has 11 atom stereocenters. The van der Waals surface area contributed by atoms with E-state index >= 15 is 0 Å². The van der Waals surface area contributed by atoms with Crippen LogP contribution in [-0.4, -0.2) is 13.1 Å². The lowest BCUT2D eigenvalue weighted by Gasteiger charge is -2.48. The molecule has 0 N–H and O–H groups in total. The minimum absolute atomic E-state index is 0.0338. The molecule has 15 aliphatic rings. The van der Waals surface area contributed by atoms with Crippen molar-refractivity contribution in [2.45, 2.75) is 41.9 Å². The van der Waals surface area contributed by atoms with Crippen molar-refractivity contribution < 1.29 is 9.53 Å². The minimum Gasteiger partial charge on any atom is -0.469 e. The van der Waals surface area contributed by atoms with Crippen LogP contribution in [-0.2, 0) is 20.4 Å². The molecule has 1 saturated carbocycles. The number of ether oxygens (including phenoxy) is 1. The molecule has 1 fully saturated rings. The van der Waals surface area contributed by atoms with Crippen LogP contribution in [0.5, 0.6) is 0 Å². The third-order valence-electron chi connectivity index (χ3n) is 19.0. The van der Waals surface area contributed by atoms with E-state index in [4.69, 9.17) is 4.74 Å². The zero-order valence-electron chi connectivity index (χ0n) is 29.7. The summed E-state index contributed by atoms with van der Waals surface area (Å²) in [7, 11) is 1.56. The lowest BCUT2D eigenvalue weighted by atomic mass is 9.53. The Hall–Kier alpha value is -5.21. The second-order valence-electron chi connectivity index (χ2n) is 19.3. The molecule has 15 aliphatic carbocycles. The van der Waals surface area contributed by atoms with Gasteiger partial charge in [0, 0.05) is 70.0 Å².